The Balaban J connectivity index is 2.30. The monoisotopic (exact) mass is 312 g/mol. The average Bonchev–Trinajstić information content (AvgIpc) is 2.59. The Labute approximate surface area is 136 Å². The molecular formula is C19H20O4. The van der Waals surface area contributed by atoms with Crippen LogP contribution in [0.1, 0.15) is 21.5 Å². The average molecular weight is 312 g/mol. The number of ketones is 1. The summed E-state index contributed by atoms with van der Waals surface area (Å²) in [6.45, 7) is 1.98. The Kier molecular flexibility index (Phi) is 5.41. The third kappa shape index (κ3) is 3.92. The molecule has 0 radical (unpaired) electrons. The summed E-state index contributed by atoms with van der Waals surface area (Å²) in [4.78, 5) is 12.2. The number of carbonyl (C=O) groups is 1. The first-order chi connectivity index (χ1) is 11.1. The molecule has 0 amide bonds. The van der Waals surface area contributed by atoms with E-state index in [9.17, 15) is 4.79 Å². The molecule has 0 heterocycles. The second kappa shape index (κ2) is 7.49. The van der Waals surface area contributed by atoms with E-state index in [1.807, 2.05) is 31.2 Å². The zero-order chi connectivity index (χ0) is 16.8. The van der Waals surface area contributed by atoms with E-state index in [1.54, 1.807) is 39.5 Å². The second-order valence-electron chi connectivity index (χ2n) is 5.01. The molecule has 0 atom stereocenters. The van der Waals surface area contributed by atoms with E-state index in [0.717, 1.165) is 11.1 Å². The fourth-order valence-corrected chi connectivity index (χ4v) is 2.16. The van der Waals surface area contributed by atoms with Crippen LogP contribution >= 0.6 is 0 Å². The highest BCUT2D eigenvalue weighted by molar-refractivity contribution is 6.07. The van der Waals surface area contributed by atoms with E-state index >= 15 is 0 Å². The number of ether oxygens (including phenoxy) is 3. The van der Waals surface area contributed by atoms with Gasteiger partial charge in [-0.15, -0.1) is 0 Å². The number of methoxy groups -OCH3 is 3. The fraction of sp³-hybridized carbons (Fsp3) is 0.211. The van der Waals surface area contributed by atoms with Gasteiger partial charge in [-0.25, -0.2) is 0 Å². The smallest absolute Gasteiger partial charge is 0.185 e. The molecule has 2 rings (SSSR count). The van der Waals surface area contributed by atoms with E-state index in [4.69, 9.17) is 14.2 Å². The molecule has 0 saturated heterocycles. The molecule has 0 bridgehead atoms. The Morgan fingerprint density at radius 3 is 2.00 bits per heavy atom. The number of carbonyl (C=O) groups excluding carboxylic acids is 1. The largest absolute Gasteiger partial charge is 0.496 e. The lowest BCUT2D eigenvalue weighted by Crippen LogP contribution is -1.96. The third-order valence-electron chi connectivity index (χ3n) is 3.49. The van der Waals surface area contributed by atoms with Crippen LogP contribution in [0.2, 0.25) is 0 Å². The summed E-state index contributed by atoms with van der Waals surface area (Å²) in [7, 11) is 4.70. The highest BCUT2D eigenvalue weighted by atomic mass is 16.5. The van der Waals surface area contributed by atoms with E-state index in [-0.39, 0.29) is 5.78 Å². The van der Waals surface area contributed by atoms with Crippen LogP contribution in [-0.4, -0.2) is 27.1 Å². The molecule has 2 aromatic carbocycles. The Morgan fingerprint density at radius 2 is 1.43 bits per heavy atom. The minimum Gasteiger partial charge on any atom is -0.496 e. The van der Waals surface area contributed by atoms with Gasteiger partial charge in [-0.3, -0.25) is 4.79 Å². The van der Waals surface area contributed by atoms with Crippen LogP contribution < -0.4 is 14.2 Å². The van der Waals surface area contributed by atoms with Gasteiger partial charge in [-0.1, -0.05) is 29.8 Å². The molecule has 0 spiro atoms. The lowest BCUT2D eigenvalue weighted by atomic mass is 10.1. The molecule has 0 aliphatic carbocycles. The number of aryl methyl sites for hydroxylation is 1. The van der Waals surface area contributed by atoms with Crippen molar-refractivity contribution in [1.29, 1.82) is 0 Å². The van der Waals surface area contributed by atoms with E-state index < -0.39 is 0 Å². The van der Waals surface area contributed by atoms with Gasteiger partial charge in [0.05, 0.1) is 21.3 Å². The van der Waals surface area contributed by atoms with Crippen LogP contribution in [0, 0.1) is 6.92 Å². The van der Waals surface area contributed by atoms with Gasteiger partial charge >= 0.3 is 0 Å². The molecule has 0 aromatic heterocycles. The maximum Gasteiger partial charge on any atom is 0.185 e. The van der Waals surface area contributed by atoms with Gasteiger partial charge in [0.1, 0.15) is 5.75 Å². The molecule has 0 N–H and O–H groups in total. The molecule has 0 unspecified atom stereocenters. The maximum absolute atomic E-state index is 12.2. The highest BCUT2D eigenvalue weighted by Crippen LogP contribution is 2.35. The number of benzene rings is 2. The lowest BCUT2D eigenvalue weighted by molar-refractivity contribution is 0.104. The van der Waals surface area contributed by atoms with Crippen molar-refractivity contribution in [3.8, 4) is 17.2 Å². The predicted molar refractivity (Wildman–Crippen MR) is 90.6 cm³/mol. The van der Waals surface area contributed by atoms with Crippen LogP contribution in [-0.2, 0) is 0 Å². The Bertz CT molecular complexity index is 715. The zero-order valence-electron chi connectivity index (χ0n) is 13.8. The second-order valence-corrected chi connectivity index (χ2v) is 5.01. The molecule has 4 heteroatoms. The fourth-order valence-electron chi connectivity index (χ4n) is 2.16. The van der Waals surface area contributed by atoms with Gasteiger partial charge < -0.3 is 14.2 Å². The molecule has 120 valence electrons. The Hall–Kier alpha value is -2.75. The van der Waals surface area contributed by atoms with Gasteiger partial charge in [0, 0.05) is 17.2 Å². The number of hydrogen-bond acceptors (Lipinski definition) is 4. The van der Waals surface area contributed by atoms with Crippen LogP contribution in [0.5, 0.6) is 17.2 Å². The Morgan fingerprint density at radius 1 is 0.870 bits per heavy atom. The van der Waals surface area contributed by atoms with Gasteiger partial charge in [0.25, 0.3) is 0 Å². The maximum atomic E-state index is 12.2. The van der Waals surface area contributed by atoms with Crippen molar-refractivity contribution in [3.05, 3.63) is 59.2 Å². The lowest BCUT2D eigenvalue weighted by Gasteiger charge is -2.12. The summed E-state index contributed by atoms with van der Waals surface area (Å²) < 4.78 is 15.9. The predicted octanol–water partition coefficient (Wildman–Crippen LogP) is 3.92. The first-order valence-corrected chi connectivity index (χ1v) is 7.18. The summed E-state index contributed by atoms with van der Waals surface area (Å²) in [5.41, 5.74) is 2.50. The van der Waals surface area contributed by atoms with E-state index in [2.05, 4.69) is 0 Å². The number of rotatable bonds is 6. The normalized spacial score (nSPS) is 10.6. The first-order valence-electron chi connectivity index (χ1n) is 7.18. The molecule has 4 nitrogen and oxygen atoms in total. The molecule has 0 fully saturated rings. The molecule has 23 heavy (non-hydrogen) atoms. The highest BCUT2D eigenvalue weighted by Gasteiger charge is 2.10. The molecule has 0 aliphatic rings. The SMILES string of the molecule is COc1cc(OC)c(OC)cc1C=CC(=O)c1ccc(C)cc1. The summed E-state index contributed by atoms with van der Waals surface area (Å²) >= 11 is 0. The summed E-state index contributed by atoms with van der Waals surface area (Å²) in [6.07, 6.45) is 3.23. The molecule has 0 saturated carbocycles. The van der Waals surface area contributed by atoms with Crippen molar-refractivity contribution in [3.63, 3.8) is 0 Å². The number of allylic oxidation sites excluding steroid dienone is 1. The topological polar surface area (TPSA) is 44.8 Å². The van der Waals surface area contributed by atoms with Crippen LogP contribution in [0.3, 0.4) is 0 Å². The third-order valence-corrected chi connectivity index (χ3v) is 3.49. The summed E-state index contributed by atoms with van der Waals surface area (Å²) in [5, 5.41) is 0. The van der Waals surface area contributed by atoms with Crippen molar-refractivity contribution < 1.29 is 19.0 Å². The zero-order valence-corrected chi connectivity index (χ0v) is 13.8. The molecular weight excluding hydrogens is 292 g/mol. The van der Waals surface area contributed by atoms with Crippen molar-refractivity contribution in [2.75, 3.05) is 21.3 Å². The molecule has 0 aliphatic heterocycles. The van der Waals surface area contributed by atoms with Crippen molar-refractivity contribution in [2.45, 2.75) is 6.92 Å². The van der Waals surface area contributed by atoms with Crippen molar-refractivity contribution in [1.82, 2.24) is 0 Å². The van der Waals surface area contributed by atoms with Crippen LogP contribution in [0.15, 0.2) is 42.5 Å². The van der Waals surface area contributed by atoms with Gasteiger partial charge in [-0.2, -0.15) is 0 Å². The van der Waals surface area contributed by atoms with E-state index in [0.29, 0.717) is 22.8 Å². The standard InChI is InChI=1S/C19H20O4/c1-13-5-7-14(8-6-13)16(20)10-9-15-11-18(22-3)19(23-4)12-17(15)21-2/h5-12H,1-4H3. The van der Waals surface area contributed by atoms with Gasteiger partial charge in [-0.05, 0) is 25.1 Å². The molecule has 2 aromatic rings. The van der Waals surface area contributed by atoms with Gasteiger partial charge in [0.2, 0.25) is 0 Å². The summed E-state index contributed by atoms with van der Waals surface area (Å²) in [5.74, 6) is 1.69. The minimum atomic E-state index is -0.0677. The van der Waals surface area contributed by atoms with E-state index in [1.165, 1.54) is 6.08 Å². The van der Waals surface area contributed by atoms with Crippen molar-refractivity contribution >= 4 is 11.9 Å². The van der Waals surface area contributed by atoms with Crippen LogP contribution in [0.4, 0.5) is 0 Å². The van der Waals surface area contributed by atoms with Crippen molar-refractivity contribution in [2.24, 2.45) is 0 Å². The summed E-state index contributed by atoms with van der Waals surface area (Å²) in [6, 6.07) is 11.0. The van der Waals surface area contributed by atoms with Gasteiger partial charge in [0.15, 0.2) is 17.3 Å². The quantitative estimate of drug-likeness (QED) is 0.599. The number of hydrogen-bond donors (Lipinski definition) is 0. The van der Waals surface area contributed by atoms with Crippen LogP contribution in [0.25, 0.3) is 6.08 Å². The minimum absolute atomic E-state index is 0.0677. The first kappa shape index (κ1) is 16.6.